The van der Waals surface area contributed by atoms with Crippen LogP contribution in [0, 0.1) is 0 Å². The van der Waals surface area contributed by atoms with Gasteiger partial charge in [0.05, 0.1) is 42.2 Å². The van der Waals surface area contributed by atoms with E-state index in [1.54, 1.807) is 61.9 Å². The largest absolute Gasteiger partial charge is 0.493 e. The van der Waals surface area contributed by atoms with Gasteiger partial charge in [-0.25, -0.2) is 9.79 Å². The second-order valence-corrected chi connectivity index (χ2v) is 9.14. The lowest BCUT2D eigenvalue weighted by Gasteiger charge is -2.24. The van der Waals surface area contributed by atoms with E-state index in [-0.39, 0.29) is 12.2 Å². The molecular formula is C26H25ClN2O5S. The standard InChI is InChI=1S/C26H25ClN2O5S/c1-5-33-20-13-16(7-12-19(20)32-4)14-21-24(30)29-23(17-8-10-18(27)11-9-17)22(25(31)34-6-2)15(3)28-26(29)35-21/h7-14,23H,5-6H2,1-4H3/b21-14-/t23-/m1/s1. The van der Waals surface area contributed by atoms with Crippen LogP contribution < -0.4 is 24.4 Å². The fourth-order valence-corrected chi connectivity index (χ4v) is 5.13. The molecule has 2 aromatic carbocycles. The number of carbonyl (C=O) groups is 1. The topological polar surface area (TPSA) is 79.1 Å². The maximum atomic E-state index is 13.7. The first-order valence-corrected chi connectivity index (χ1v) is 12.3. The zero-order valence-corrected chi connectivity index (χ0v) is 21.4. The number of thiazole rings is 1. The van der Waals surface area contributed by atoms with Crippen molar-refractivity contribution in [3.63, 3.8) is 0 Å². The van der Waals surface area contributed by atoms with Gasteiger partial charge >= 0.3 is 5.97 Å². The SMILES string of the molecule is CCOC(=O)C1=C(C)N=c2s/c(=C\c3ccc(OC)c(OCC)c3)c(=O)n2[C@@H]1c1ccc(Cl)cc1. The molecule has 0 unspecified atom stereocenters. The molecule has 0 saturated carbocycles. The molecule has 0 bridgehead atoms. The van der Waals surface area contributed by atoms with Crippen LogP contribution in [-0.2, 0) is 9.53 Å². The van der Waals surface area contributed by atoms with Gasteiger partial charge in [0.25, 0.3) is 5.56 Å². The van der Waals surface area contributed by atoms with E-state index in [1.807, 2.05) is 19.1 Å². The Hall–Kier alpha value is -3.36. The fourth-order valence-electron chi connectivity index (χ4n) is 3.95. The highest BCUT2D eigenvalue weighted by Crippen LogP contribution is 2.31. The summed E-state index contributed by atoms with van der Waals surface area (Å²) in [7, 11) is 1.58. The molecule has 1 aliphatic rings. The number of aromatic nitrogens is 1. The molecule has 0 N–H and O–H groups in total. The molecular weight excluding hydrogens is 488 g/mol. The number of allylic oxidation sites excluding steroid dienone is 1. The van der Waals surface area contributed by atoms with E-state index in [9.17, 15) is 9.59 Å². The molecule has 1 atom stereocenters. The Morgan fingerprint density at radius 1 is 1.14 bits per heavy atom. The molecule has 0 spiro atoms. The van der Waals surface area contributed by atoms with E-state index < -0.39 is 12.0 Å². The number of rotatable bonds is 7. The predicted molar refractivity (Wildman–Crippen MR) is 136 cm³/mol. The molecule has 3 aromatic rings. The molecule has 1 aromatic heterocycles. The summed E-state index contributed by atoms with van der Waals surface area (Å²) in [5.41, 5.74) is 2.11. The highest BCUT2D eigenvalue weighted by Gasteiger charge is 2.33. The minimum absolute atomic E-state index is 0.215. The number of methoxy groups -OCH3 is 1. The highest BCUT2D eigenvalue weighted by atomic mass is 35.5. The van der Waals surface area contributed by atoms with Crippen LogP contribution in [0.25, 0.3) is 6.08 Å². The van der Waals surface area contributed by atoms with Crippen molar-refractivity contribution in [1.29, 1.82) is 0 Å². The highest BCUT2D eigenvalue weighted by molar-refractivity contribution is 7.07. The number of nitrogens with zero attached hydrogens (tertiary/aromatic N) is 2. The van der Waals surface area contributed by atoms with Gasteiger partial charge in [-0.2, -0.15) is 0 Å². The third-order valence-corrected chi connectivity index (χ3v) is 6.72. The Morgan fingerprint density at radius 2 is 1.89 bits per heavy atom. The van der Waals surface area contributed by atoms with Crippen LogP contribution in [-0.4, -0.2) is 30.9 Å². The summed E-state index contributed by atoms with van der Waals surface area (Å²) in [5.74, 6) is 0.707. The van der Waals surface area contributed by atoms with Gasteiger partial charge in [0.2, 0.25) is 0 Å². The van der Waals surface area contributed by atoms with Crippen molar-refractivity contribution in [2.24, 2.45) is 4.99 Å². The van der Waals surface area contributed by atoms with Crippen molar-refractivity contribution in [2.75, 3.05) is 20.3 Å². The molecule has 7 nitrogen and oxygen atoms in total. The van der Waals surface area contributed by atoms with Gasteiger partial charge in [-0.3, -0.25) is 9.36 Å². The lowest BCUT2D eigenvalue weighted by Crippen LogP contribution is -2.39. The predicted octanol–water partition coefficient (Wildman–Crippen LogP) is 3.86. The molecule has 182 valence electrons. The van der Waals surface area contributed by atoms with E-state index in [0.29, 0.717) is 43.7 Å². The maximum absolute atomic E-state index is 13.7. The van der Waals surface area contributed by atoms with Crippen LogP contribution in [0.5, 0.6) is 11.5 Å². The number of benzene rings is 2. The fraction of sp³-hybridized carbons (Fsp3) is 0.269. The van der Waals surface area contributed by atoms with E-state index in [2.05, 4.69) is 4.99 Å². The van der Waals surface area contributed by atoms with Crippen molar-refractivity contribution >= 4 is 35.0 Å². The number of hydrogen-bond acceptors (Lipinski definition) is 7. The van der Waals surface area contributed by atoms with Crippen molar-refractivity contribution in [2.45, 2.75) is 26.8 Å². The summed E-state index contributed by atoms with van der Waals surface area (Å²) >= 11 is 7.36. The van der Waals surface area contributed by atoms with Gasteiger partial charge in [0.1, 0.15) is 0 Å². The van der Waals surface area contributed by atoms with Crippen molar-refractivity contribution in [1.82, 2.24) is 4.57 Å². The number of carbonyl (C=O) groups excluding carboxylic acids is 1. The van der Waals surface area contributed by atoms with Crippen molar-refractivity contribution in [3.05, 3.63) is 89.6 Å². The minimum Gasteiger partial charge on any atom is -0.493 e. The zero-order chi connectivity index (χ0) is 25.1. The average Bonchev–Trinajstić information content (AvgIpc) is 3.13. The van der Waals surface area contributed by atoms with E-state index in [0.717, 1.165) is 11.1 Å². The Labute approximate surface area is 211 Å². The Kier molecular flexibility index (Phi) is 7.42. The Morgan fingerprint density at radius 3 is 2.54 bits per heavy atom. The molecule has 0 aliphatic carbocycles. The molecule has 0 fully saturated rings. The van der Waals surface area contributed by atoms with E-state index in [1.165, 1.54) is 11.3 Å². The van der Waals surface area contributed by atoms with E-state index >= 15 is 0 Å². The quantitative estimate of drug-likeness (QED) is 0.449. The second kappa shape index (κ2) is 10.5. The number of esters is 1. The zero-order valence-electron chi connectivity index (χ0n) is 19.8. The van der Waals surface area contributed by atoms with Crippen LogP contribution in [0.1, 0.15) is 37.9 Å². The number of halogens is 1. The summed E-state index contributed by atoms with van der Waals surface area (Å²) in [6.07, 6.45) is 1.79. The number of fused-ring (bicyclic) bond motifs is 1. The first-order valence-electron chi connectivity index (χ1n) is 11.1. The van der Waals surface area contributed by atoms with Crippen LogP contribution >= 0.6 is 22.9 Å². The molecule has 0 amide bonds. The van der Waals surface area contributed by atoms with Crippen LogP contribution in [0.2, 0.25) is 5.02 Å². The summed E-state index contributed by atoms with van der Waals surface area (Å²) < 4.78 is 18.4. The molecule has 1 aliphatic heterocycles. The third kappa shape index (κ3) is 4.90. The van der Waals surface area contributed by atoms with Gasteiger partial charge in [0.15, 0.2) is 16.3 Å². The molecule has 2 heterocycles. The number of hydrogen-bond donors (Lipinski definition) is 0. The first kappa shape index (κ1) is 24.8. The molecule has 0 saturated heterocycles. The number of ether oxygens (including phenoxy) is 3. The molecule has 9 heteroatoms. The van der Waals surface area contributed by atoms with Crippen LogP contribution in [0.3, 0.4) is 0 Å². The summed E-state index contributed by atoms with van der Waals surface area (Å²) in [4.78, 5) is 31.7. The third-order valence-electron chi connectivity index (χ3n) is 5.49. The normalized spacial score (nSPS) is 15.5. The van der Waals surface area contributed by atoms with Gasteiger partial charge in [-0.15, -0.1) is 0 Å². The maximum Gasteiger partial charge on any atom is 0.338 e. The van der Waals surface area contributed by atoms with Gasteiger partial charge in [-0.1, -0.05) is 41.1 Å². The Balaban J connectivity index is 1.91. The summed E-state index contributed by atoms with van der Waals surface area (Å²) in [6.45, 7) is 6.09. The van der Waals surface area contributed by atoms with Crippen molar-refractivity contribution < 1.29 is 19.0 Å². The van der Waals surface area contributed by atoms with Crippen molar-refractivity contribution in [3.8, 4) is 11.5 Å². The molecule has 4 rings (SSSR count). The van der Waals surface area contributed by atoms with Gasteiger partial charge in [0, 0.05) is 5.02 Å². The lowest BCUT2D eigenvalue weighted by molar-refractivity contribution is -0.139. The summed E-state index contributed by atoms with van der Waals surface area (Å²) in [6, 6.07) is 11.9. The Bertz CT molecular complexity index is 1470. The first-order chi connectivity index (χ1) is 16.9. The second-order valence-electron chi connectivity index (χ2n) is 7.70. The average molecular weight is 513 g/mol. The van der Waals surface area contributed by atoms with Gasteiger partial charge < -0.3 is 14.2 Å². The van der Waals surface area contributed by atoms with Gasteiger partial charge in [-0.05, 0) is 62.2 Å². The molecule has 0 radical (unpaired) electrons. The minimum atomic E-state index is -0.681. The lowest BCUT2D eigenvalue weighted by atomic mass is 9.96. The van der Waals surface area contributed by atoms with Crippen LogP contribution in [0.15, 0.2) is 63.5 Å². The van der Waals surface area contributed by atoms with E-state index in [4.69, 9.17) is 25.8 Å². The molecule has 35 heavy (non-hydrogen) atoms. The smallest absolute Gasteiger partial charge is 0.338 e. The monoisotopic (exact) mass is 512 g/mol. The summed E-state index contributed by atoms with van der Waals surface area (Å²) in [5, 5.41) is 0.559. The van der Waals surface area contributed by atoms with Crippen LogP contribution in [0.4, 0.5) is 0 Å².